The molecular weight excluding hydrogens is 356 g/mol. The first-order valence-corrected chi connectivity index (χ1v) is 11.0. The van der Waals surface area contributed by atoms with Gasteiger partial charge in [-0.3, -0.25) is 4.79 Å². The molecule has 2 aromatic rings. The van der Waals surface area contributed by atoms with Gasteiger partial charge in [0.2, 0.25) is 5.91 Å². The quantitative estimate of drug-likeness (QED) is 0.704. The molecule has 1 aliphatic heterocycles. The molecule has 0 unspecified atom stereocenters. The summed E-state index contributed by atoms with van der Waals surface area (Å²) < 4.78 is 2.22. The van der Waals surface area contributed by atoms with Gasteiger partial charge < -0.3 is 9.47 Å². The fraction of sp³-hybridized carbons (Fsp3) is 0.571. The van der Waals surface area contributed by atoms with Gasteiger partial charge >= 0.3 is 0 Å². The van der Waals surface area contributed by atoms with E-state index in [1.165, 1.54) is 36.6 Å². The van der Waals surface area contributed by atoms with Crippen molar-refractivity contribution in [3.05, 3.63) is 41.7 Å². The van der Waals surface area contributed by atoms with Gasteiger partial charge in [0.05, 0.1) is 12.3 Å². The highest BCUT2D eigenvalue weighted by molar-refractivity contribution is 7.99. The van der Waals surface area contributed by atoms with E-state index in [2.05, 4.69) is 57.8 Å². The molecule has 5 nitrogen and oxygen atoms in total. The average molecular weight is 385 g/mol. The molecule has 1 aliphatic carbocycles. The van der Waals surface area contributed by atoms with E-state index in [0.29, 0.717) is 23.8 Å². The molecule has 1 aromatic carbocycles. The zero-order valence-corrected chi connectivity index (χ0v) is 17.0. The molecule has 0 bridgehead atoms. The summed E-state index contributed by atoms with van der Waals surface area (Å²) in [4.78, 5) is 14.9. The fourth-order valence-electron chi connectivity index (χ4n) is 4.08. The number of hydrogen-bond donors (Lipinski definition) is 0. The average Bonchev–Trinajstić information content (AvgIpc) is 3.43. The standard InChI is InChI=1S/C21H28N4OS/c1-15-7-6-8-16(2)25(15)19(26)14-27-21-23-22-20(18-11-12-18)24(21)13-17-9-4-3-5-10-17/h3-5,9-10,15-16,18H,6-8,11-14H2,1-2H3/t15-,16-/m0/s1. The van der Waals surface area contributed by atoms with Crippen molar-refractivity contribution >= 4 is 17.7 Å². The van der Waals surface area contributed by atoms with E-state index < -0.39 is 0 Å². The lowest BCUT2D eigenvalue weighted by Crippen LogP contribution is -2.48. The number of carbonyl (C=O) groups is 1. The summed E-state index contributed by atoms with van der Waals surface area (Å²) in [6, 6.07) is 11.1. The van der Waals surface area contributed by atoms with Crippen LogP contribution in [0.15, 0.2) is 35.5 Å². The van der Waals surface area contributed by atoms with E-state index in [9.17, 15) is 4.79 Å². The molecule has 1 saturated heterocycles. The van der Waals surface area contributed by atoms with Crippen molar-refractivity contribution in [2.45, 2.75) is 75.7 Å². The third-order valence-corrected chi connectivity index (χ3v) is 6.63. The minimum absolute atomic E-state index is 0.224. The first-order chi connectivity index (χ1) is 13.1. The lowest BCUT2D eigenvalue weighted by atomic mass is 9.98. The third kappa shape index (κ3) is 4.21. The van der Waals surface area contributed by atoms with Crippen molar-refractivity contribution in [2.75, 3.05) is 5.75 Å². The van der Waals surface area contributed by atoms with Gasteiger partial charge in [-0.15, -0.1) is 10.2 Å². The predicted molar refractivity (Wildman–Crippen MR) is 108 cm³/mol. The third-order valence-electron chi connectivity index (χ3n) is 5.68. The Hall–Kier alpha value is -1.82. The maximum atomic E-state index is 12.9. The zero-order chi connectivity index (χ0) is 18.8. The van der Waals surface area contributed by atoms with Crippen molar-refractivity contribution in [1.29, 1.82) is 0 Å². The summed E-state index contributed by atoms with van der Waals surface area (Å²) in [6.07, 6.45) is 5.82. The summed E-state index contributed by atoms with van der Waals surface area (Å²) in [5.41, 5.74) is 1.24. The van der Waals surface area contributed by atoms with Gasteiger partial charge in [0.15, 0.2) is 5.16 Å². The number of carbonyl (C=O) groups excluding carboxylic acids is 1. The Balaban J connectivity index is 1.48. The molecule has 4 rings (SSSR count). The molecule has 2 atom stereocenters. The highest BCUT2D eigenvalue weighted by Crippen LogP contribution is 2.40. The zero-order valence-electron chi connectivity index (χ0n) is 16.2. The second-order valence-corrected chi connectivity index (χ2v) is 8.85. The van der Waals surface area contributed by atoms with Crippen LogP contribution in [0.25, 0.3) is 0 Å². The number of thioether (sulfide) groups is 1. The fourth-order valence-corrected chi connectivity index (χ4v) is 4.89. The number of hydrogen-bond acceptors (Lipinski definition) is 4. The van der Waals surface area contributed by atoms with Crippen LogP contribution in [0.3, 0.4) is 0 Å². The van der Waals surface area contributed by atoms with Gasteiger partial charge in [0, 0.05) is 18.0 Å². The second kappa shape index (κ2) is 8.05. The number of piperidine rings is 1. The number of likely N-dealkylation sites (tertiary alicyclic amines) is 1. The number of amides is 1. The van der Waals surface area contributed by atoms with E-state index in [4.69, 9.17) is 0 Å². The van der Waals surface area contributed by atoms with Crippen LogP contribution in [0, 0.1) is 0 Å². The molecule has 2 heterocycles. The summed E-state index contributed by atoms with van der Waals surface area (Å²) in [6.45, 7) is 5.11. The van der Waals surface area contributed by atoms with Gasteiger partial charge in [0.1, 0.15) is 5.82 Å². The summed E-state index contributed by atoms with van der Waals surface area (Å²) in [5, 5.41) is 9.76. The molecule has 0 radical (unpaired) electrons. The first kappa shape index (κ1) is 18.5. The van der Waals surface area contributed by atoms with Crippen LogP contribution in [0.4, 0.5) is 0 Å². The first-order valence-electron chi connectivity index (χ1n) is 10.0. The molecule has 2 fully saturated rings. The van der Waals surface area contributed by atoms with Crippen molar-refractivity contribution in [3.8, 4) is 0 Å². The van der Waals surface area contributed by atoms with Gasteiger partial charge in [-0.25, -0.2) is 0 Å². The van der Waals surface area contributed by atoms with E-state index in [1.807, 2.05) is 6.07 Å². The van der Waals surface area contributed by atoms with Gasteiger partial charge in [-0.1, -0.05) is 42.1 Å². The van der Waals surface area contributed by atoms with Gasteiger partial charge in [-0.2, -0.15) is 0 Å². The largest absolute Gasteiger partial charge is 0.337 e. The highest BCUT2D eigenvalue weighted by atomic mass is 32.2. The monoisotopic (exact) mass is 384 g/mol. The van der Waals surface area contributed by atoms with Crippen LogP contribution in [-0.2, 0) is 11.3 Å². The Morgan fingerprint density at radius 2 is 1.78 bits per heavy atom. The molecule has 1 aromatic heterocycles. The molecule has 1 amide bonds. The minimum Gasteiger partial charge on any atom is -0.337 e. The summed E-state index contributed by atoms with van der Waals surface area (Å²) in [7, 11) is 0. The second-order valence-electron chi connectivity index (χ2n) is 7.91. The topological polar surface area (TPSA) is 51.0 Å². The lowest BCUT2D eigenvalue weighted by Gasteiger charge is -2.39. The normalized spacial score (nSPS) is 22.8. The van der Waals surface area contributed by atoms with Crippen molar-refractivity contribution in [3.63, 3.8) is 0 Å². The van der Waals surface area contributed by atoms with Crippen LogP contribution in [-0.4, -0.2) is 43.4 Å². The van der Waals surface area contributed by atoms with E-state index >= 15 is 0 Å². The lowest BCUT2D eigenvalue weighted by molar-refractivity contribution is -0.134. The van der Waals surface area contributed by atoms with Crippen molar-refractivity contribution in [2.24, 2.45) is 0 Å². The predicted octanol–water partition coefficient (Wildman–Crippen LogP) is 4.09. The van der Waals surface area contributed by atoms with E-state index in [-0.39, 0.29) is 5.91 Å². The van der Waals surface area contributed by atoms with Crippen LogP contribution in [0.1, 0.15) is 63.3 Å². The minimum atomic E-state index is 0.224. The Morgan fingerprint density at radius 3 is 2.44 bits per heavy atom. The van der Waals surface area contributed by atoms with E-state index in [1.54, 1.807) is 0 Å². The Morgan fingerprint density at radius 1 is 1.07 bits per heavy atom. The number of rotatable bonds is 6. The highest BCUT2D eigenvalue weighted by Gasteiger charge is 2.32. The summed E-state index contributed by atoms with van der Waals surface area (Å²) in [5.74, 6) is 2.27. The van der Waals surface area contributed by atoms with Crippen LogP contribution in [0.2, 0.25) is 0 Å². The SMILES string of the molecule is C[C@H]1CCC[C@H](C)N1C(=O)CSc1nnc(C2CC2)n1Cc1ccccc1. The Kier molecular flexibility index (Phi) is 5.53. The molecule has 1 saturated carbocycles. The number of benzene rings is 1. The molecule has 0 N–H and O–H groups in total. The molecule has 144 valence electrons. The number of nitrogens with zero attached hydrogens (tertiary/aromatic N) is 4. The van der Waals surface area contributed by atoms with Gasteiger partial charge in [-0.05, 0) is 51.5 Å². The summed E-state index contributed by atoms with van der Waals surface area (Å²) >= 11 is 1.54. The smallest absolute Gasteiger partial charge is 0.233 e. The molecule has 0 spiro atoms. The Bertz CT molecular complexity index is 777. The molecule has 27 heavy (non-hydrogen) atoms. The number of aromatic nitrogens is 3. The van der Waals surface area contributed by atoms with E-state index in [0.717, 1.165) is 30.4 Å². The Labute approximate surface area is 165 Å². The van der Waals surface area contributed by atoms with Crippen molar-refractivity contribution in [1.82, 2.24) is 19.7 Å². The maximum Gasteiger partial charge on any atom is 0.233 e. The van der Waals surface area contributed by atoms with Gasteiger partial charge in [0.25, 0.3) is 0 Å². The van der Waals surface area contributed by atoms with Crippen LogP contribution < -0.4 is 0 Å². The molecular formula is C21H28N4OS. The molecule has 6 heteroatoms. The van der Waals surface area contributed by atoms with Crippen LogP contribution in [0.5, 0.6) is 0 Å². The molecule has 2 aliphatic rings. The van der Waals surface area contributed by atoms with Crippen LogP contribution >= 0.6 is 11.8 Å². The maximum absolute atomic E-state index is 12.9. The van der Waals surface area contributed by atoms with Crippen molar-refractivity contribution < 1.29 is 4.79 Å².